The summed E-state index contributed by atoms with van der Waals surface area (Å²) in [7, 11) is 1.64. The largest absolute Gasteiger partial charge is 0.497 e. The summed E-state index contributed by atoms with van der Waals surface area (Å²) in [5.41, 5.74) is 14.0. The number of benzene rings is 1. The summed E-state index contributed by atoms with van der Waals surface area (Å²) in [6.07, 6.45) is 1.81. The van der Waals surface area contributed by atoms with Crippen LogP contribution >= 0.6 is 0 Å². The molecule has 0 spiro atoms. The molecule has 4 N–H and O–H groups in total. The quantitative estimate of drug-likeness (QED) is 0.784. The molecule has 0 aromatic heterocycles. The fourth-order valence-corrected chi connectivity index (χ4v) is 3.58. The second-order valence-electron chi connectivity index (χ2n) is 5.94. The van der Waals surface area contributed by atoms with Crippen LogP contribution < -0.4 is 21.3 Å². The molecule has 2 heterocycles. The van der Waals surface area contributed by atoms with Crippen LogP contribution in [-0.2, 0) is 4.74 Å². The number of hydrogen-bond acceptors (Lipinski definition) is 6. The molecule has 6 heteroatoms. The van der Waals surface area contributed by atoms with E-state index < -0.39 is 0 Å². The summed E-state index contributed by atoms with van der Waals surface area (Å²) in [5, 5.41) is 9.62. The molecule has 4 atom stereocenters. The molecule has 3 rings (SSSR count). The summed E-state index contributed by atoms with van der Waals surface area (Å²) in [6.45, 7) is 2.15. The number of nitrogens with zero attached hydrogens (tertiary/aromatic N) is 1. The van der Waals surface area contributed by atoms with Crippen molar-refractivity contribution >= 4 is 0 Å². The van der Waals surface area contributed by atoms with E-state index in [2.05, 4.69) is 23.8 Å². The number of hydrogen-bond donors (Lipinski definition) is 3. The molecule has 4 unspecified atom stereocenters. The Morgan fingerprint density at radius 3 is 2.91 bits per heavy atom. The van der Waals surface area contributed by atoms with Crippen LogP contribution in [0.4, 0.5) is 0 Å². The minimum absolute atomic E-state index is 0.101. The van der Waals surface area contributed by atoms with Crippen LogP contribution in [0.5, 0.6) is 5.75 Å². The number of methoxy groups -OCH3 is 1. The maximum atomic E-state index is 9.62. The third-order valence-electron chi connectivity index (χ3n) is 4.61. The van der Waals surface area contributed by atoms with Crippen molar-refractivity contribution in [3.63, 3.8) is 0 Å². The molecule has 0 amide bonds. The molecule has 6 nitrogen and oxygen atoms in total. The smallest absolute Gasteiger partial charge is 0.200 e. The standard InChI is InChI=1S/C17H22N4O2/c1-3-5-13-15-14(10-6-4-7-11(8-10)22-2)12(9-18)16(19)23-17(15)21-20-13/h4,6-8,13-15,17,20-21H,3,5,19H2,1-2H3. The van der Waals surface area contributed by atoms with Gasteiger partial charge in [0, 0.05) is 17.9 Å². The van der Waals surface area contributed by atoms with Gasteiger partial charge in [0.25, 0.3) is 0 Å². The highest BCUT2D eigenvalue weighted by molar-refractivity contribution is 5.43. The first-order valence-electron chi connectivity index (χ1n) is 7.91. The Kier molecular flexibility index (Phi) is 4.42. The first kappa shape index (κ1) is 15.7. The Morgan fingerprint density at radius 1 is 1.39 bits per heavy atom. The van der Waals surface area contributed by atoms with E-state index in [4.69, 9.17) is 15.2 Å². The lowest BCUT2D eigenvalue weighted by Crippen LogP contribution is -2.41. The van der Waals surface area contributed by atoms with Crippen molar-refractivity contribution in [3.8, 4) is 11.8 Å². The summed E-state index contributed by atoms with van der Waals surface area (Å²) in [5.74, 6) is 0.956. The first-order chi connectivity index (χ1) is 11.2. The molecule has 1 aromatic carbocycles. The number of rotatable bonds is 4. The van der Waals surface area contributed by atoms with Crippen LogP contribution in [0.1, 0.15) is 31.2 Å². The first-order valence-corrected chi connectivity index (χ1v) is 7.91. The van der Waals surface area contributed by atoms with Crippen molar-refractivity contribution in [1.82, 2.24) is 10.9 Å². The number of nitrogens with one attached hydrogen (secondary N) is 2. The lowest BCUT2D eigenvalue weighted by molar-refractivity contribution is 0.0336. The fraction of sp³-hybridized carbons (Fsp3) is 0.471. The molecule has 0 radical (unpaired) electrons. The molecule has 0 bridgehead atoms. The number of hydrazine groups is 1. The van der Waals surface area contributed by atoms with Crippen molar-refractivity contribution in [3.05, 3.63) is 41.3 Å². The third-order valence-corrected chi connectivity index (χ3v) is 4.61. The van der Waals surface area contributed by atoms with E-state index in [-0.39, 0.29) is 30.0 Å². The van der Waals surface area contributed by atoms with E-state index in [0.717, 1.165) is 24.2 Å². The Labute approximate surface area is 136 Å². The molecule has 122 valence electrons. The molecule has 1 aromatic rings. The molecule has 0 saturated carbocycles. The zero-order valence-electron chi connectivity index (χ0n) is 13.4. The van der Waals surface area contributed by atoms with E-state index in [1.54, 1.807) is 7.11 Å². The Morgan fingerprint density at radius 2 is 2.22 bits per heavy atom. The van der Waals surface area contributed by atoms with Crippen LogP contribution in [0.3, 0.4) is 0 Å². The average molecular weight is 314 g/mol. The van der Waals surface area contributed by atoms with E-state index >= 15 is 0 Å². The molecule has 0 aliphatic carbocycles. The van der Waals surface area contributed by atoms with Crippen molar-refractivity contribution in [2.75, 3.05) is 7.11 Å². The van der Waals surface area contributed by atoms with E-state index in [9.17, 15) is 5.26 Å². The molecular formula is C17H22N4O2. The summed E-state index contributed by atoms with van der Waals surface area (Å²) in [4.78, 5) is 0. The normalized spacial score (nSPS) is 29.6. The van der Waals surface area contributed by atoms with Crippen LogP contribution in [0, 0.1) is 17.2 Å². The second kappa shape index (κ2) is 6.49. The van der Waals surface area contributed by atoms with Gasteiger partial charge in [0.2, 0.25) is 5.88 Å². The number of ether oxygens (including phenoxy) is 2. The van der Waals surface area contributed by atoms with Crippen LogP contribution in [0.15, 0.2) is 35.7 Å². The predicted molar refractivity (Wildman–Crippen MR) is 85.9 cm³/mol. The number of allylic oxidation sites excluding steroid dienone is 1. The highest BCUT2D eigenvalue weighted by Gasteiger charge is 2.48. The molecule has 2 aliphatic rings. The van der Waals surface area contributed by atoms with Gasteiger partial charge in [-0.1, -0.05) is 25.5 Å². The highest BCUT2D eigenvalue weighted by Crippen LogP contribution is 2.44. The van der Waals surface area contributed by atoms with Crippen LogP contribution in [0.2, 0.25) is 0 Å². The average Bonchev–Trinajstić information content (AvgIpc) is 2.96. The summed E-state index contributed by atoms with van der Waals surface area (Å²) in [6, 6.07) is 10.3. The molecule has 2 aliphatic heterocycles. The van der Waals surface area contributed by atoms with Crippen LogP contribution in [-0.4, -0.2) is 19.4 Å². The molecule has 1 saturated heterocycles. The van der Waals surface area contributed by atoms with Gasteiger partial charge in [0.1, 0.15) is 11.8 Å². The van der Waals surface area contributed by atoms with Crippen molar-refractivity contribution in [2.24, 2.45) is 11.7 Å². The van der Waals surface area contributed by atoms with Gasteiger partial charge in [-0.25, -0.2) is 5.43 Å². The van der Waals surface area contributed by atoms with Gasteiger partial charge < -0.3 is 15.2 Å². The SMILES string of the molecule is CCCC1NNC2OC(N)=C(C#N)C(c3cccc(OC)c3)C12. The van der Waals surface area contributed by atoms with Crippen molar-refractivity contribution in [1.29, 1.82) is 5.26 Å². The van der Waals surface area contributed by atoms with E-state index in [1.165, 1.54) is 0 Å². The number of nitriles is 1. The van der Waals surface area contributed by atoms with Crippen LogP contribution in [0.25, 0.3) is 0 Å². The highest BCUT2D eigenvalue weighted by atomic mass is 16.5. The monoisotopic (exact) mass is 314 g/mol. The molecule has 1 fully saturated rings. The Balaban J connectivity index is 2.06. The van der Waals surface area contributed by atoms with Gasteiger partial charge in [-0.15, -0.1) is 0 Å². The lowest BCUT2D eigenvalue weighted by Gasteiger charge is -2.35. The molecular weight excluding hydrogens is 292 g/mol. The number of nitrogens with two attached hydrogens (primary N) is 1. The molecule has 23 heavy (non-hydrogen) atoms. The zero-order chi connectivity index (χ0) is 16.4. The maximum Gasteiger partial charge on any atom is 0.200 e. The lowest BCUT2D eigenvalue weighted by atomic mass is 9.75. The van der Waals surface area contributed by atoms with Gasteiger partial charge in [0.05, 0.1) is 12.7 Å². The minimum atomic E-state index is -0.236. The fourth-order valence-electron chi connectivity index (χ4n) is 3.58. The maximum absolute atomic E-state index is 9.62. The van der Waals surface area contributed by atoms with Gasteiger partial charge in [0.15, 0.2) is 6.23 Å². The van der Waals surface area contributed by atoms with Crippen molar-refractivity contribution in [2.45, 2.75) is 38.0 Å². The van der Waals surface area contributed by atoms with E-state index in [1.807, 2.05) is 24.3 Å². The summed E-state index contributed by atoms with van der Waals surface area (Å²) < 4.78 is 11.1. The Bertz CT molecular complexity index is 652. The second-order valence-corrected chi connectivity index (χ2v) is 5.94. The Hall–Kier alpha value is -2.23. The van der Waals surface area contributed by atoms with Gasteiger partial charge in [-0.05, 0) is 24.1 Å². The van der Waals surface area contributed by atoms with Gasteiger partial charge in [-0.2, -0.15) is 5.26 Å². The van der Waals surface area contributed by atoms with Gasteiger partial charge in [-0.3, -0.25) is 5.43 Å². The third kappa shape index (κ3) is 2.74. The topological polar surface area (TPSA) is 92.3 Å². The van der Waals surface area contributed by atoms with E-state index in [0.29, 0.717) is 5.57 Å². The predicted octanol–water partition coefficient (Wildman–Crippen LogP) is 1.72. The minimum Gasteiger partial charge on any atom is -0.497 e. The zero-order valence-corrected chi connectivity index (χ0v) is 13.4. The van der Waals surface area contributed by atoms with Crippen molar-refractivity contribution < 1.29 is 9.47 Å². The number of fused-ring (bicyclic) bond motifs is 1. The summed E-state index contributed by atoms with van der Waals surface area (Å²) >= 11 is 0. The van der Waals surface area contributed by atoms with Gasteiger partial charge >= 0.3 is 0 Å².